The van der Waals surface area contributed by atoms with Crippen molar-refractivity contribution in [3.63, 3.8) is 0 Å². The molecule has 0 heterocycles. The van der Waals surface area contributed by atoms with Gasteiger partial charge in [-0.1, -0.05) is 40.5 Å². The van der Waals surface area contributed by atoms with E-state index in [-0.39, 0.29) is 0 Å². The molecule has 2 unspecified atom stereocenters. The molecule has 0 aromatic carbocycles. The first kappa shape index (κ1) is 11.1. The maximum atomic E-state index is 2.46. The Kier molecular flexibility index (Phi) is 3.82. The van der Waals surface area contributed by atoms with E-state index < -0.39 is 0 Å². The molecule has 2 rings (SSSR count). The number of rotatable bonds is 0. The van der Waals surface area contributed by atoms with Crippen LogP contribution in [0, 0.1) is 17.3 Å². The van der Waals surface area contributed by atoms with Gasteiger partial charge in [0.2, 0.25) is 0 Å². The third kappa shape index (κ3) is 1.92. The van der Waals surface area contributed by atoms with Crippen molar-refractivity contribution < 1.29 is 0 Å². The quantitative estimate of drug-likeness (QED) is 0.512. The van der Waals surface area contributed by atoms with Gasteiger partial charge in [-0.3, -0.25) is 0 Å². The molecule has 0 bridgehead atoms. The predicted molar refractivity (Wildman–Crippen MR) is 59.8 cm³/mol. The summed E-state index contributed by atoms with van der Waals surface area (Å²) >= 11 is 0. The van der Waals surface area contributed by atoms with Gasteiger partial charge in [-0.2, -0.15) is 0 Å². The SMILES string of the molecule is CC1CCC(C)C12CCC2.CCC. The maximum absolute atomic E-state index is 2.46. The summed E-state index contributed by atoms with van der Waals surface area (Å²) in [6.07, 6.45) is 8.84. The molecule has 13 heavy (non-hydrogen) atoms. The van der Waals surface area contributed by atoms with Gasteiger partial charge in [0.25, 0.3) is 0 Å². The molecule has 0 amide bonds. The zero-order chi connectivity index (χ0) is 9.90. The summed E-state index contributed by atoms with van der Waals surface area (Å²) in [5.41, 5.74) is 0.833. The lowest BCUT2D eigenvalue weighted by atomic mass is 9.59. The fraction of sp³-hybridized carbons (Fsp3) is 1.00. The molecule has 0 nitrogen and oxygen atoms in total. The van der Waals surface area contributed by atoms with Crippen LogP contribution in [0.15, 0.2) is 0 Å². The summed E-state index contributed by atoms with van der Waals surface area (Å²) in [6.45, 7) is 9.17. The standard InChI is InChI=1S/C10H18.C3H8/c1-8-4-5-9(2)10(8)6-3-7-10;1-3-2/h8-9H,3-7H2,1-2H3;3H2,1-2H3. The molecule has 2 saturated carbocycles. The highest BCUT2D eigenvalue weighted by atomic mass is 14.5. The van der Waals surface area contributed by atoms with E-state index in [9.17, 15) is 0 Å². The Morgan fingerprint density at radius 3 is 1.54 bits per heavy atom. The second-order valence-corrected chi connectivity index (χ2v) is 5.17. The molecule has 0 N–H and O–H groups in total. The first-order valence-corrected chi connectivity index (χ1v) is 6.17. The van der Waals surface area contributed by atoms with Crippen molar-refractivity contribution in [2.75, 3.05) is 0 Å². The van der Waals surface area contributed by atoms with Crippen molar-refractivity contribution in [3.05, 3.63) is 0 Å². The van der Waals surface area contributed by atoms with Gasteiger partial charge in [0.15, 0.2) is 0 Å². The minimum atomic E-state index is 0.833. The van der Waals surface area contributed by atoms with Gasteiger partial charge >= 0.3 is 0 Å². The molecule has 0 radical (unpaired) electrons. The topological polar surface area (TPSA) is 0 Å². The molecular weight excluding hydrogens is 156 g/mol. The Morgan fingerprint density at radius 1 is 1.00 bits per heavy atom. The molecule has 2 fully saturated rings. The Morgan fingerprint density at radius 2 is 1.38 bits per heavy atom. The Labute approximate surface area is 84.1 Å². The summed E-state index contributed by atoms with van der Waals surface area (Å²) in [5.74, 6) is 2.08. The fourth-order valence-corrected chi connectivity index (χ4v) is 3.13. The van der Waals surface area contributed by atoms with Crippen LogP contribution in [0.4, 0.5) is 0 Å². The van der Waals surface area contributed by atoms with Gasteiger partial charge in [-0.15, -0.1) is 0 Å². The minimum absolute atomic E-state index is 0.833. The highest BCUT2D eigenvalue weighted by Crippen LogP contribution is 2.59. The third-order valence-electron chi connectivity index (χ3n) is 4.28. The average molecular weight is 182 g/mol. The zero-order valence-corrected chi connectivity index (χ0v) is 9.90. The summed E-state index contributed by atoms with van der Waals surface area (Å²) in [7, 11) is 0. The van der Waals surface area contributed by atoms with E-state index in [1.165, 1.54) is 38.5 Å². The van der Waals surface area contributed by atoms with E-state index >= 15 is 0 Å². The van der Waals surface area contributed by atoms with E-state index in [1.54, 1.807) is 0 Å². The van der Waals surface area contributed by atoms with Gasteiger partial charge in [0.1, 0.15) is 0 Å². The van der Waals surface area contributed by atoms with E-state index in [0.717, 1.165) is 17.3 Å². The van der Waals surface area contributed by atoms with Crippen molar-refractivity contribution in [1.29, 1.82) is 0 Å². The van der Waals surface area contributed by atoms with Crippen molar-refractivity contribution >= 4 is 0 Å². The molecule has 2 aliphatic carbocycles. The monoisotopic (exact) mass is 182 g/mol. The van der Waals surface area contributed by atoms with Crippen LogP contribution in [0.5, 0.6) is 0 Å². The lowest BCUT2D eigenvalue weighted by Gasteiger charge is -2.46. The van der Waals surface area contributed by atoms with E-state index in [4.69, 9.17) is 0 Å². The summed E-state index contributed by atoms with van der Waals surface area (Å²) in [5, 5.41) is 0. The van der Waals surface area contributed by atoms with E-state index in [1.807, 2.05) is 0 Å². The lowest BCUT2D eigenvalue weighted by molar-refractivity contribution is 0.0428. The van der Waals surface area contributed by atoms with Crippen LogP contribution in [0.1, 0.15) is 66.2 Å². The highest BCUT2D eigenvalue weighted by Gasteiger charge is 2.49. The van der Waals surface area contributed by atoms with Crippen molar-refractivity contribution in [3.8, 4) is 0 Å². The molecule has 0 saturated heterocycles. The maximum Gasteiger partial charge on any atom is -0.0246 e. The van der Waals surface area contributed by atoms with Crippen molar-refractivity contribution in [1.82, 2.24) is 0 Å². The smallest absolute Gasteiger partial charge is 0.0246 e. The summed E-state index contributed by atoms with van der Waals surface area (Å²) in [4.78, 5) is 0. The molecule has 2 aliphatic rings. The first-order chi connectivity index (χ1) is 6.17. The summed E-state index contributed by atoms with van der Waals surface area (Å²) < 4.78 is 0. The van der Waals surface area contributed by atoms with Crippen molar-refractivity contribution in [2.24, 2.45) is 17.3 Å². The second-order valence-electron chi connectivity index (χ2n) is 5.17. The fourth-order valence-electron chi connectivity index (χ4n) is 3.13. The van der Waals surface area contributed by atoms with Gasteiger partial charge in [-0.25, -0.2) is 0 Å². The van der Waals surface area contributed by atoms with E-state index in [0.29, 0.717) is 0 Å². The molecule has 0 heteroatoms. The van der Waals surface area contributed by atoms with Crippen LogP contribution < -0.4 is 0 Å². The first-order valence-electron chi connectivity index (χ1n) is 6.17. The molecule has 78 valence electrons. The van der Waals surface area contributed by atoms with E-state index in [2.05, 4.69) is 27.7 Å². The lowest BCUT2D eigenvalue weighted by Crippen LogP contribution is -2.36. The number of hydrogen-bond acceptors (Lipinski definition) is 0. The predicted octanol–water partition coefficient (Wildman–Crippen LogP) is 4.64. The molecule has 2 atom stereocenters. The molecule has 0 aromatic heterocycles. The molecule has 1 spiro atoms. The third-order valence-corrected chi connectivity index (χ3v) is 4.28. The second kappa shape index (κ2) is 4.48. The highest BCUT2D eigenvalue weighted by molar-refractivity contribution is 4.99. The normalized spacial score (nSPS) is 35.1. The van der Waals surface area contributed by atoms with Crippen molar-refractivity contribution in [2.45, 2.75) is 66.2 Å². The number of hydrogen-bond donors (Lipinski definition) is 0. The van der Waals surface area contributed by atoms with Crippen LogP contribution >= 0.6 is 0 Å². The Balaban J connectivity index is 0.000000251. The summed E-state index contributed by atoms with van der Waals surface area (Å²) in [6, 6.07) is 0. The largest absolute Gasteiger partial charge is 0.0656 e. The average Bonchev–Trinajstić information content (AvgIpc) is 2.27. The minimum Gasteiger partial charge on any atom is -0.0656 e. The van der Waals surface area contributed by atoms with Crippen LogP contribution in [0.3, 0.4) is 0 Å². The van der Waals surface area contributed by atoms with Crippen LogP contribution in [-0.4, -0.2) is 0 Å². The molecule has 0 aromatic rings. The molecule has 0 aliphatic heterocycles. The Hall–Kier alpha value is 0. The van der Waals surface area contributed by atoms with Gasteiger partial charge in [-0.05, 0) is 42.9 Å². The van der Waals surface area contributed by atoms with Crippen LogP contribution in [0.25, 0.3) is 0 Å². The van der Waals surface area contributed by atoms with Gasteiger partial charge < -0.3 is 0 Å². The van der Waals surface area contributed by atoms with Gasteiger partial charge in [0.05, 0.1) is 0 Å². The van der Waals surface area contributed by atoms with Crippen LogP contribution in [0.2, 0.25) is 0 Å². The van der Waals surface area contributed by atoms with Gasteiger partial charge in [0, 0.05) is 0 Å². The molecular formula is C13H26. The van der Waals surface area contributed by atoms with Crippen LogP contribution in [-0.2, 0) is 0 Å². The zero-order valence-electron chi connectivity index (χ0n) is 9.90. The Bertz CT molecular complexity index is 132.